The summed E-state index contributed by atoms with van der Waals surface area (Å²) in [6.45, 7) is 4.80. The first kappa shape index (κ1) is 20.4. The molecule has 0 aliphatic heterocycles. The van der Waals surface area contributed by atoms with Gasteiger partial charge in [0.15, 0.2) is 11.5 Å². The highest BCUT2D eigenvalue weighted by Crippen LogP contribution is 2.30. The number of carbonyl (C=O) groups excluding carboxylic acids is 2. The number of benzene rings is 1. The van der Waals surface area contributed by atoms with Crippen LogP contribution in [0.15, 0.2) is 18.2 Å². The van der Waals surface area contributed by atoms with Crippen LogP contribution in [0.4, 0.5) is 10.5 Å². The van der Waals surface area contributed by atoms with E-state index < -0.39 is 6.03 Å². The molecule has 0 bridgehead atoms. The Balaban J connectivity index is 1.82. The average molecular weight is 381 g/mol. The number of nitrogens with one attached hydrogen (secondary N) is 2. The van der Waals surface area contributed by atoms with Gasteiger partial charge in [-0.1, -0.05) is 19.3 Å². The maximum atomic E-state index is 12.0. The molecule has 0 aromatic heterocycles. The smallest absolute Gasteiger partial charge is 0.325 e. The number of ether oxygens (including phenoxy) is 2. The van der Waals surface area contributed by atoms with Gasteiger partial charge in [0.2, 0.25) is 5.91 Å². The van der Waals surface area contributed by atoms with Gasteiger partial charge in [-0.25, -0.2) is 4.79 Å². The van der Waals surface area contributed by atoms with Crippen molar-refractivity contribution in [3.05, 3.63) is 18.2 Å². The van der Waals surface area contributed by atoms with E-state index in [1.807, 2.05) is 13.8 Å². The Kier molecular flexibility index (Phi) is 8.61. The Morgan fingerprint density at radius 3 is 2.46 bits per heavy atom. The first-order valence-electron chi connectivity index (χ1n) is 9.24. The van der Waals surface area contributed by atoms with Crippen molar-refractivity contribution in [3.8, 4) is 11.5 Å². The van der Waals surface area contributed by atoms with Crippen molar-refractivity contribution in [1.82, 2.24) is 5.32 Å². The standard InChI is InChI=1S/C19H28N2O4S/c1-3-24-16-11-10-14(12-17(16)25-4-2)20-19(23)21-18(22)13-26-15-8-6-5-7-9-15/h10-12,15H,3-9,13H2,1-2H3,(H2,20,21,22,23). The maximum absolute atomic E-state index is 12.0. The van der Waals surface area contributed by atoms with Crippen LogP contribution in [0.5, 0.6) is 11.5 Å². The van der Waals surface area contributed by atoms with Gasteiger partial charge < -0.3 is 14.8 Å². The normalized spacial score (nSPS) is 14.5. The predicted octanol–water partition coefficient (Wildman–Crippen LogP) is 4.20. The van der Waals surface area contributed by atoms with Crippen molar-refractivity contribution in [2.24, 2.45) is 0 Å². The van der Waals surface area contributed by atoms with Gasteiger partial charge in [-0.3, -0.25) is 10.1 Å². The number of rotatable bonds is 8. The van der Waals surface area contributed by atoms with E-state index in [-0.39, 0.29) is 5.91 Å². The van der Waals surface area contributed by atoms with Crippen LogP contribution in [0.1, 0.15) is 46.0 Å². The zero-order chi connectivity index (χ0) is 18.8. The summed E-state index contributed by atoms with van der Waals surface area (Å²) in [6.07, 6.45) is 6.09. The SMILES string of the molecule is CCOc1ccc(NC(=O)NC(=O)CSC2CCCCC2)cc1OCC. The number of imide groups is 1. The molecular formula is C19H28N2O4S. The van der Waals surface area contributed by atoms with Crippen molar-refractivity contribution in [1.29, 1.82) is 0 Å². The fourth-order valence-electron chi connectivity index (χ4n) is 2.88. The van der Waals surface area contributed by atoms with E-state index in [9.17, 15) is 9.59 Å². The number of hydrogen-bond acceptors (Lipinski definition) is 5. The zero-order valence-electron chi connectivity index (χ0n) is 15.5. The molecule has 0 unspecified atom stereocenters. The molecule has 0 spiro atoms. The maximum Gasteiger partial charge on any atom is 0.325 e. The van der Waals surface area contributed by atoms with Gasteiger partial charge in [0.25, 0.3) is 0 Å². The molecule has 26 heavy (non-hydrogen) atoms. The van der Waals surface area contributed by atoms with Crippen molar-refractivity contribution in [3.63, 3.8) is 0 Å². The minimum absolute atomic E-state index is 0.269. The molecule has 1 fully saturated rings. The molecule has 1 saturated carbocycles. The van der Waals surface area contributed by atoms with Gasteiger partial charge >= 0.3 is 6.03 Å². The average Bonchev–Trinajstić information content (AvgIpc) is 2.63. The summed E-state index contributed by atoms with van der Waals surface area (Å²) < 4.78 is 11.0. The molecule has 1 aromatic rings. The molecule has 0 saturated heterocycles. The fraction of sp³-hybridized carbons (Fsp3) is 0.579. The Labute approximate surface area is 159 Å². The molecule has 1 aliphatic carbocycles. The highest BCUT2D eigenvalue weighted by atomic mass is 32.2. The lowest BCUT2D eigenvalue weighted by Gasteiger charge is -2.20. The molecular weight excluding hydrogens is 352 g/mol. The summed E-state index contributed by atoms with van der Waals surface area (Å²) in [5.41, 5.74) is 0.544. The van der Waals surface area contributed by atoms with Crippen molar-refractivity contribution >= 4 is 29.4 Å². The lowest BCUT2D eigenvalue weighted by atomic mass is 10.0. The predicted molar refractivity (Wildman–Crippen MR) is 105 cm³/mol. The third-order valence-corrected chi connectivity index (χ3v) is 5.43. The van der Waals surface area contributed by atoms with E-state index in [1.165, 1.54) is 19.3 Å². The number of anilines is 1. The van der Waals surface area contributed by atoms with Crippen LogP contribution in [0.2, 0.25) is 0 Å². The van der Waals surface area contributed by atoms with Crippen LogP contribution < -0.4 is 20.1 Å². The van der Waals surface area contributed by atoms with Crippen LogP contribution in [0, 0.1) is 0 Å². The number of urea groups is 1. The van der Waals surface area contributed by atoms with Crippen LogP contribution in [0.25, 0.3) is 0 Å². The molecule has 2 N–H and O–H groups in total. The van der Waals surface area contributed by atoms with E-state index >= 15 is 0 Å². The molecule has 6 nitrogen and oxygen atoms in total. The second-order valence-corrected chi connectivity index (χ2v) is 7.39. The topological polar surface area (TPSA) is 76.7 Å². The van der Waals surface area contributed by atoms with Crippen LogP contribution >= 0.6 is 11.8 Å². The Bertz CT molecular complexity index is 603. The minimum Gasteiger partial charge on any atom is -0.490 e. The van der Waals surface area contributed by atoms with Crippen molar-refractivity contribution in [2.45, 2.75) is 51.2 Å². The highest BCUT2D eigenvalue weighted by molar-refractivity contribution is 8.00. The number of hydrogen-bond donors (Lipinski definition) is 2. The molecule has 7 heteroatoms. The molecule has 1 aromatic carbocycles. The third-order valence-electron chi connectivity index (χ3n) is 4.06. The zero-order valence-corrected chi connectivity index (χ0v) is 16.3. The summed E-state index contributed by atoms with van der Waals surface area (Å²) in [7, 11) is 0. The van der Waals surface area contributed by atoms with E-state index in [1.54, 1.807) is 30.0 Å². The third kappa shape index (κ3) is 6.78. The highest BCUT2D eigenvalue weighted by Gasteiger charge is 2.16. The quantitative estimate of drug-likeness (QED) is 0.707. The Morgan fingerprint density at radius 1 is 1.08 bits per heavy atom. The summed E-state index contributed by atoms with van der Waals surface area (Å²) >= 11 is 1.64. The molecule has 144 valence electrons. The summed E-state index contributed by atoms with van der Waals surface area (Å²) in [4.78, 5) is 24.0. The van der Waals surface area contributed by atoms with Gasteiger partial charge in [0, 0.05) is 17.0 Å². The summed E-state index contributed by atoms with van der Waals surface area (Å²) in [6, 6.07) is 4.61. The van der Waals surface area contributed by atoms with Crippen LogP contribution in [0.3, 0.4) is 0 Å². The molecule has 0 radical (unpaired) electrons. The first-order valence-corrected chi connectivity index (χ1v) is 10.3. The van der Waals surface area contributed by atoms with E-state index in [0.29, 0.717) is 41.4 Å². The number of thioether (sulfide) groups is 1. The molecule has 2 rings (SSSR count). The second-order valence-electron chi connectivity index (χ2n) is 6.10. The Morgan fingerprint density at radius 2 is 1.77 bits per heavy atom. The molecule has 3 amide bonds. The van der Waals surface area contributed by atoms with E-state index in [2.05, 4.69) is 10.6 Å². The van der Waals surface area contributed by atoms with Gasteiger partial charge in [-0.05, 0) is 38.8 Å². The molecule has 1 aliphatic rings. The molecule has 0 heterocycles. The summed E-state index contributed by atoms with van der Waals surface area (Å²) in [5.74, 6) is 1.23. The first-order chi connectivity index (χ1) is 12.6. The lowest BCUT2D eigenvalue weighted by Crippen LogP contribution is -2.35. The van der Waals surface area contributed by atoms with Gasteiger partial charge in [0.05, 0.1) is 19.0 Å². The van der Waals surface area contributed by atoms with Crippen LogP contribution in [-0.4, -0.2) is 36.2 Å². The Hall–Kier alpha value is -1.89. The fourth-order valence-corrected chi connectivity index (χ4v) is 4.01. The van der Waals surface area contributed by atoms with E-state index in [4.69, 9.17) is 9.47 Å². The van der Waals surface area contributed by atoms with E-state index in [0.717, 1.165) is 12.8 Å². The number of amides is 3. The molecule has 0 atom stereocenters. The van der Waals surface area contributed by atoms with Crippen molar-refractivity contribution in [2.75, 3.05) is 24.3 Å². The van der Waals surface area contributed by atoms with Gasteiger partial charge in [-0.2, -0.15) is 0 Å². The van der Waals surface area contributed by atoms with Gasteiger partial charge in [-0.15, -0.1) is 11.8 Å². The van der Waals surface area contributed by atoms with Crippen molar-refractivity contribution < 1.29 is 19.1 Å². The minimum atomic E-state index is -0.536. The lowest BCUT2D eigenvalue weighted by molar-refractivity contribution is -0.117. The monoisotopic (exact) mass is 380 g/mol. The number of carbonyl (C=O) groups is 2. The van der Waals surface area contributed by atoms with Gasteiger partial charge in [0.1, 0.15) is 0 Å². The largest absolute Gasteiger partial charge is 0.490 e. The summed E-state index contributed by atoms with van der Waals surface area (Å²) in [5, 5.41) is 5.58. The van der Waals surface area contributed by atoms with Crippen LogP contribution in [-0.2, 0) is 4.79 Å². The second kappa shape index (κ2) is 11.0.